The van der Waals surface area contributed by atoms with Crippen LogP contribution in [0.3, 0.4) is 0 Å². The van der Waals surface area contributed by atoms with Crippen molar-refractivity contribution in [2.24, 2.45) is 13.0 Å². The number of rotatable bonds is 5. The van der Waals surface area contributed by atoms with Gasteiger partial charge in [0.05, 0.1) is 16.8 Å². The van der Waals surface area contributed by atoms with Crippen molar-refractivity contribution in [1.29, 1.82) is 0 Å². The molecule has 2 aromatic rings. The highest BCUT2D eigenvalue weighted by Crippen LogP contribution is 2.31. The molecule has 0 amide bonds. The zero-order chi connectivity index (χ0) is 15.7. The monoisotopic (exact) mass is 290 g/mol. The zero-order valence-electron chi connectivity index (χ0n) is 13.2. The lowest BCUT2D eigenvalue weighted by atomic mass is 10.1. The zero-order valence-corrected chi connectivity index (χ0v) is 13.2. The first kappa shape index (κ1) is 15.3. The second-order valence-corrected chi connectivity index (χ2v) is 5.63. The van der Waals surface area contributed by atoms with Gasteiger partial charge in [-0.25, -0.2) is 9.78 Å². The Morgan fingerprint density at radius 3 is 2.76 bits per heavy atom. The van der Waals surface area contributed by atoms with Crippen molar-refractivity contribution in [3.63, 3.8) is 0 Å². The molecule has 0 spiro atoms. The molecule has 21 heavy (non-hydrogen) atoms. The molecule has 0 fully saturated rings. The predicted molar refractivity (Wildman–Crippen MR) is 82.9 cm³/mol. The smallest absolute Gasteiger partial charge is 0.339 e. The molecule has 1 N–H and O–H groups in total. The third-order valence-electron chi connectivity index (χ3n) is 3.89. The number of carbonyl (C=O) groups is 1. The molecule has 1 unspecified atom stereocenters. The normalized spacial score (nSPS) is 12.6. The molecule has 0 bridgehead atoms. The van der Waals surface area contributed by atoms with E-state index in [1.807, 2.05) is 25.9 Å². The van der Waals surface area contributed by atoms with Crippen LogP contribution in [0.5, 0.6) is 0 Å². The molecule has 0 aromatic carbocycles. The third kappa shape index (κ3) is 2.70. The fourth-order valence-electron chi connectivity index (χ4n) is 2.63. The van der Waals surface area contributed by atoms with Crippen LogP contribution in [0.25, 0.3) is 11.0 Å². The van der Waals surface area contributed by atoms with E-state index in [9.17, 15) is 9.90 Å². The number of carboxylic acids is 1. The summed E-state index contributed by atoms with van der Waals surface area (Å²) in [5.41, 5.74) is 2.44. The summed E-state index contributed by atoms with van der Waals surface area (Å²) in [6.07, 6.45) is 2.47. The Labute approximate surface area is 124 Å². The molecule has 2 aromatic heterocycles. The minimum Gasteiger partial charge on any atom is -0.478 e. The van der Waals surface area contributed by atoms with Gasteiger partial charge < -0.3 is 10.0 Å². The van der Waals surface area contributed by atoms with Crippen LogP contribution in [-0.4, -0.2) is 39.4 Å². The average Bonchev–Trinajstić information content (AvgIpc) is 2.72. The van der Waals surface area contributed by atoms with Crippen LogP contribution in [0.15, 0.2) is 6.20 Å². The van der Waals surface area contributed by atoms with Gasteiger partial charge in [0.2, 0.25) is 0 Å². The maximum atomic E-state index is 11.5. The third-order valence-corrected chi connectivity index (χ3v) is 3.89. The van der Waals surface area contributed by atoms with Gasteiger partial charge in [0.25, 0.3) is 0 Å². The molecular weight excluding hydrogens is 268 g/mol. The van der Waals surface area contributed by atoms with Crippen molar-refractivity contribution in [2.75, 3.05) is 18.5 Å². The number of aromatic nitrogens is 3. The summed E-state index contributed by atoms with van der Waals surface area (Å²) < 4.78 is 1.69. The van der Waals surface area contributed by atoms with Crippen molar-refractivity contribution in [3.05, 3.63) is 17.5 Å². The lowest BCUT2D eigenvalue weighted by Crippen LogP contribution is -2.26. The molecule has 6 heteroatoms. The van der Waals surface area contributed by atoms with Gasteiger partial charge >= 0.3 is 5.97 Å². The number of pyridine rings is 1. The molecule has 0 saturated carbocycles. The largest absolute Gasteiger partial charge is 0.478 e. The van der Waals surface area contributed by atoms with Crippen LogP contribution in [0.2, 0.25) is 0 Å². The van der Waals surface area contributed by atoms with E-state index >= 15 is 0 Å². The fourth-order valence-corrected chi connectivity index (χ4v) is 2.63. The van der Waals surface area contributed by atoms with Gasteiger partial charge in [0.15, 0.2) is 5.65 Å². The lowest BCUT2D eigenvalue weighted by Gasteiger charge is -2.25. The minimum absolute atomic E-state index is 0.226. The highest BCUT2D eigenvalue weighted by atomic mass is 16.4. The Morgan fingerprint density at radius 2 is 2.19 bits per heavy atom. The molecule has 0 saturated heterocycles. The number of fused-ring (bicyclic) bond motifs is 1. The molecule has 2 rings (SSSR count). The number of anilines is 1. The molecule has 114 valence electrons. The van der Waals surface area contributed by atoms with Crippen LogP contribution >= 0.6 is 0 Å². The molecule has 0 aliphatic heterocycles. The predicted octanol–water partition coefficient (Wildman–Crippen LogP) is 2.46. The van der Waals surface area contributed by atoms with E-state index < -0.39 is 5.97 Å². The van der Waals surface area contributed by atoms with Crippen molar-refractivity contribution in [1.82, 2.24) is 14.8 Å². The molecule has 0 aliphatic carbocycles. The van der Waals surface area contributed by atoms with E-state index in [4.69, 9.17) is 0 Å². The summed E-state index contributed by atoms with van der Waals surface area (Å²) in [5, 5.41) is 14.7. The van der Waals surface area contributed by atoms with Gasteiger partial charge in [-0.2, -0.15) is 5.10 Å². The van der Waals surface area contributed by atoms with Gasteiger partial charge in [0.1, 0.15) is 5.56 Å². The number of aryl methyl sites for hydroxylation is 2. The molecule has 1 atom stereocenters. The summed E-state index contributed by atoms with van der Waals surface area (Å²) in [6.45, 7) is 6.97. The van der Waals surface area contributed by atoms with Crippen molar-refractivity contribution < 1.29 is 9.90 Å². The minimum atomic E-state index is -0.960. The number of hydrogen-bond acceptors (Lipinski definition) is 4. The first-order valence-corrected chi connectivity index (χ1v) is 7.13. The summed E-state index contributed by atoms with van der Waals surface area (Å²) in [6, 6.07) is 0. The number of carboxylic acid groups (broad SMARTS) is 1. The second kappa shape index (κ2) is 5.71. The van der Waals surface area contributed by atoms with E-state index in [1.54, 1.807) is 4.68 Å². The van der Waals surface area contributed by atoms with Crippen molar-refractivity contribution in [2.45, 2.75) is 27.2 Å². The van der Waals surface area contributed by atoms with E-state index in [-0.39, 0.29) is 5.56 Å². The van der Waals surface area contributed by atoms with Gasteiger partial charge in [-0.05, 0) is 12.8 Å². The van der Waals surface area contributed by atoms with Gasteiger partial charge in [-0.15, -0.1) is 0 Å². The topological polar surface area (TPSA) is 71.2 Å². The molecule has 0 radical (unpaired) electrons. The quantitative estimate of drug-likeness (QED) is 0.916. The van der Waals surface area contributed by atoms with Crippen LogP contribution < -0.4 is 4.90 Å². The Bertz CT molecular complexity index is 678. The van der Waals surface area contributed by atoms with E-state index in [1.165, 1.54) is 6.20 Å². The number of nitrogens with zero attached hydrogens (tertiary/aromatic N) is 4. The maximum Gasteiger partial charge on any atom is 0.339 e. The number of hydrogen-bond donors (Lipinski definition) is 1. The Morgan fingerprint density at radius 1 is 1.52 bits per heavy atom. The van der Waals surface area contributed by atoms with Gasteiger partial charge in [-0.1, -0.05) is 20.3 Å². The molecule has 0 aliphatic rings. The van der Waals surface area contributed by atoms with Crippen molar-refractivity contribution >= 4 is 22.7 Å². The van der Waals surface area contributed by atoms with Crippen LogP contribution in [-0.2, 0) is 7.05 Å². The van der Waals surface area contributed by atoms with E-state index in [2.05, 4.69) is 23.9 Å². The first-order valence-electron chi connectivity index (χ1n) is 7.13. The highest BCUT2D eigenvalue weighted by molar-refractivity contribution is 6.04. The Kier molecular flexibility index (Phi) is 4.16. The van der Waals surface area contributed by atoms with E-state index in [0.717, 1.165) is 24.0 Å². The van der Waals surface area contributed by atoms with Crippen LogP contribution in [0.4, 0.5) is 5.69 Å². The summed E-state index contributed by atoms with van der Waals surface area (Å²) in [7, 11) is 3.75. The standard InChI is InChI=1S/C15H22N4O2/c1-6-9(2)8-18(4)13-11(15(20)21)7-16-14-12(13)10(3)17-19(14)5/h7,9H,6,8H2,1-5H3,(H,20,21). The maximum absolute atomic E-state index is 11.5. The Hall–Kier alpha value is -2.11. The van der Waals surface area contributed by atoms with Crippen LogP contribution in [0, 0.1) is 12.8 Å². The summed E-state index contributed by atoms with van der Waals surface area (Å²) in [5.74, 6) is -0.476. The second-order valence-electron chi connectivity index (χ2n) is 5.63. The van der Waals surface area contributed by atoms with Gasteiger partial charge in [-0.3, -0.25) is 4.68 Å². The lowest BCUT2D eigenvalue weighted by molar-refractivity contribution is 0.0697. The molecular formula is C15H22N4O2. The number of aromatic carboxylic acids is 1. The summed E-state index contributed by atoms with van der Waals surface area (Å²) in [4.78, 5) is 17.8. The Balaban J connectivity index is 2.67. The van der Waals surface area contributed by atoms with E-state index in [0.29, 0.717) is 17.3 Å². The summed E-state index contributed by atoms with van der Waals surface area (Å²) >= 11 is 0. The van der Waals surface area contributed by atoms with Gasteiger partial charge in [0, 0.05) is 26.8 Å². The first-order chi connectivity index (χ1) is 9.86. The fraction of sp³-hybridized carbons (Fsp3) is 0.533. The van der Waals surface area contributed by atoms with Crippen LogP contribution in [0.1, 0.15) is 36.3 Å². The van der Waals surface area contributed by atoms with Crippen molar-refractivity contribution in [3.8, 4) is 0 Å². The SMILES string of the molecule is CCC(C)CN(C)c1c(C(=O)O)cnc2c1c(C)nn2C. The average molecular weight is 290 g/mol. The molecule has 2 heterocycles. The molecule has 6 nitrogen and oxygen atoms in total. The highest BCUT2D eigenvalue weighted by Gasteiger charge is 2.22.